The van der Waals surface area contributed by atoms with E-state index < -0.39 is 0 Å². The SMILES string of the molecule is Cc1cc(N)ccc1-c1n[nH]c(C2CCCC2)n1. The fourth-order valence-electron chi connectivity index (χ4n) is 2.71. The summed E-state index contributed by atoms with van der Waals surface area (Å²) in [5.41, 5.74) is 8.72. The number of aromatic amines is 1. The molecule has 0 bridgehead atoms. The van der Waals surface area contributed by atoms with Crippen molar-refractivity contribution in [3.63, 3.8) is 0 Å². The first-order valence-electron chi connectivity index (χ1n) is 6.53. The van der Waals surface area contributed by atoms with Gasteiger partial charge in [-0.1, -0.05) is 12.8 Å². The van der Waals surface area contributed by atoms with Crippen LogP contribution in [-0.4, -0.2) is 15.2 Å². The Morgan fingerprint density at radius 3 is 2.78 bits per heavy atom. The molecule has 0 saturated heterocycles. The highest BCUT2D eigenvalue weighted by atomic mass is 15.2. The maximum absolute atomic E-state index is 5.76. The van der Waals surface area contributed by atoms with Crippen LogP contribution in [0.2, 0.25) is 0 Å². The number of nitrogens with one attached hydrogen (secondary N) is 1. The standard InChI is InChI=1S/C14H18N4/c1-9-8-11(15)6-7-12(9)14-16-13(17-18-14)10-4-2-3-5-10/h6-8,10H,2-5,15H2,1H3,(H,16,17,18). The predicted molar refractivity (Wildman–Crippen MR) is 72.2 cm³/mol. The molecule has 1 aromatic heterocycles. The minimum absolute atomic E-state index is 0.570. The molecule has 0 atom stereocenters. The summed E-state index contributed by atoms with van der Waals surface area (Å²) in [4.78, 5) is 4.65. The first kappa shape index (κ1) is 11.3. The van der Waals surface area contributed by atoms with Crippen LogP contribution >= 0.6 is 0 Å². The highest BCUT2D eigenvalue weighted by molar-refractivity contribution is 5.63. The molecule has 2 aromatic rings. The van der Waals surface area contributed by atoms with Crippen molar-refractivity contribution in [3.8, 4) is 11.4 Å². The Kier molecular flexibility index (Phi) is 2.78. The lowest BCUT2D eigenvalue weighted by Crippen LogP contribution is -1.95. The van der Waals surface area contributed by atoms with Gasteiger partial charge in [-0.3, -0.25) is 5.10 Å². The lowest BCUT2D eigenvalue weighted by atomic mass is 10.1. The molecule has 0 unspecified atom stereocenters. The summed E-state index contributed by atoms with van der Waals surface area (Å²) in [5.74, 6) is 2.40. The van der Waals surface area contributed by atoms with Gasteiger partial charge in [0.2, 0.25) is 0 Å². The van der Waals surface area contributed by atoms with Crippen LogP contribution < -0.4 is 5.73 Å². The van der Waals surface area contributed by atoms with Crippen LogP contribution in [0.3, 0.4) is 0 Å². The number of aromatic nitrogens is 3. The number of hydrogen-bond acceptors (Lipinski definition) is 3. The Morgan fingerprint density at radius 2 is 2.06 bits per heavy atom. The summed E-state index contributed by atoms with van der Waals surface area (Å²) >= 11 is 0. The van der Waals surface area contributed by atoms with E-state index in [0.717, 1.165) is 28.5 Å². The number of H-pyrrole nitrogens is 1. The Hall–Kier alpha value is -1.84. The van der Waals surface area contributed by atoms with E-state index in [2.05, 4.69) is 15.2 Å². The van der Waals surface area contributed by atoms with Gasteiger partial charge in [0.15, 0.2) is 5.82 Å². The van der Waals surface area contributed by atoms with Crippen molar-refractivity contribution in [2.45, 2.75) is 38.5 Å². The molecule has 94 valence electrons. The number of benzene rings is 1. The fourth-order valence-corrected chi connectivity index (χ4v) is 2.71. The van der Waals surface area contributed by atoms with Gasteiger partial charge in [0.1, 0.15) is 5.82 Å². The molecule has 4 nitrogen and oxygen atoms in total. The predicted octanol–water partition coefficient (Wildman–Crippen LogP) is 3.02. The van der Waals surface area contributed by atoms with Gasteiger partial charge in [0.25, 0.3) is 0 Å². The third kappa shape index (κ3) is 1.98. The highest BCUT2D eigenvalue weighted by Gasteiger charge is 2.21. The quantitative estimate of drug-likeness (QED) is 0.795. The Morgan fingerprint density at radius 1 is 1.28 bits per heavy atom. The summed E-state index contributed by atoms with van der Waals surface area (Å²) in [6, 6.07) is 5.85. The Bertz CT molecular complexity index is 553. The summed E-state index contributed by atoms with van der Waals surface area (Å²) in [6.45, 7) is 2.04. The smallest absolute Gasteiger partial charge is 0.181 e. The van der Waals surface area contributed by atoms with E-state index in [0.29, 0.717) is 5.92 Å². The molecule has 4 heteroatoms. The molecule has 1 aliphatic carbocycles. The molecule has 3 rings (SSSR count). The number of rotatable bonds is 2. The van der Waals surface area contributed by atoms with E-state index in [1.165, 1.54) is 25.7 Å². The van der Waals surface area contributed by atoms with Gasteiger partial charge >= 0.3 is 0 Å². The van der Waals surface area contributed by atoms with Crippen molar-refractivity contribution in [1.29, 1.82) is 0 Å². The zero-order valence-corrected chi connectivity index (χ0v) is 10.6. The molecule has 18 heavy (non-hydrogen) atoms. The van der Waals surface area contributed by atoms with Crippen molar-refractivity contribution in [2.75, 3.05) is 5.73 Å². The molecule has 1 heterocycles. The second-order valence-electron chi connectivity index (χ2n) is 5.10. The minimum atomic E-state index is 0.570. The van der Waals surface area contributed by atoms with Crippen LogP contribution in [0.1, 0.15) is 43.0 Å². The maximum atomic E-state index is 5.76. The number of anilines is 1. The Balaban J connectivity index is 1.92. The van der Waals surface area contributed by atoms with E-state index in [-0.39, 0.29) is 0 Å². The number of nitrogens with two attached hydrogens (primary N) is 1. The van der Waals surface area contributed by atoms with Crippen molar-refractivity contribution in [1.82, 2.24) is 15.2 Å². The lowest BCUT2D eigenvalue weighted by Gasteiger charge is -2.03. The zero-order chi connectivity index (χ0) is 12.5. The number of nitrogens with zero attached hydrogens (tertiary/aromatic N) is 2. The molecule has 1 aliphatic rings. The van der Waals surface area contributed by atoms with Crippen LogP contribution in [-0.2, 0) is 0 Å². The second kappa shape index (κ2) is 4.44. The first-order chi connectivity index (χ1) is 8.74. The molecule has 0 radical (unpaired) electrons. The molecule has 1 aromatic carbocycles. The van der Waals surface area contributed by atoms with Crippen molar-refractivity contribution in [3.05, 3.63) is 29.6 Å². The van der Waals surface area contributed by atoms with Crippen LogP contribution in [0.25, 0.3) is 11.4 Å². The monoisotopic (exact) mass is 242 g/mol. The van der Waals surface area contributed by atoms with Crippen molar-refractivity contribution in [2.24, 2.45) is 0 Å². The van der Waals surface area contributed by atoms with Crippen LogP contribution in [0.5, 0.6) is 0 Å². The molecule has 1 fully saturated rings. The second-order valence-corrected chi connectivity index (χ2v) is 5.10. The van der Waals surface area contributed by atoms with Gasteiger partial charge < -0.3 is 5.73 Å². The maximum Gasteiger partial charge on any atom is 0.181 e. The van der Waals surface area contributed by atoms with Gasteiger partial charge in [-0.15, -0.1) is 0 Å². The van der Waals surface area contributed by atoms with Gasteiger partial charge in [-0.2, -0.15) is 5.10 Å². The fraction of sp³-hybridized carbons (Fsp3) is 0.429. The van der Waals surface area contributed by atoms with Gasteiger partial charge in [0, 0.05) is 17.2 Å². The third-order valence-corrected chi connectivity index (χ3v) is 3.74. The number of hydrogen-bond donors (Lipinski definition) is 2. The molecule has 1 saturated carbocycles. The average Bonchev–Trinajstić information content (AvgIpc) is 2.99. The van der Waals surface area contributed by atoms with Gasteiger partial charge in [-0.05, 0) is 43.5 Å². The summed E-state index contributed by atoms with van der Waals surface area (Å²) in [5, 5.41) is 7.44. The molecule has 3 N–H and O–H groups in total. The Labute approximate surface area is 107 Å². The third-order valence-electron chi connectivity index (χ3n) is 3.74. The number of aryl methyl sites for hydroxylation is 1. The minimum Gasteiger partial charge on any atom is -0.399 e. The normalized spacial score (nSPS) is 16.3. The van der Waals surface area contributed by atoms with Crippen molar-refractivity contribution >= 4 is 5.69 Å². The van der Waals surface area contributed by atoms with E-state index in [1.54, 1.807) is 0 Å². The van der Waals surface area contributed by atoms with Gasteiger partial charge in [0.05, 0.1) is 0 Å². The van der Waals surface area contributed by atoms with Crippen LogP contribution in [0.4, 0.5) is 5.69 Å². The highest BCUT2D eigenvalue weighted by Crippen LogP contribution is 2.33. The molecule has 0 aliphatic heterocycles. The van der Waals surface area contributed by atoms with Crippen LogP contribution in [0.15, 0.2) is 18.2 Å². The van der Waals surface area contributed by atoms with E-state index in [1.807, 2.05) is 25.1 Å². The summed E-state index contributed by atoms with van der Waals surface area (Å²) < 4.78 is 0. The molecule has 0 amide bonds. The molecule has 0 spiro atoms. The number of nitrogen functional groups attached to an aromatic ring is 1. The van der Waals surface area contributed by atoms with Crippen molar-refractivity contribution < 1.29 is 0 Å². The lowest BCUT2D eigenvalue weighted by molar-refractivity contribution is 0.672. The average molecular weight is 242 g/mol. The van der Waals surface area contributed by atoms with E-state index in [9.17, 15) is 0 Å². The van der Waals surface area contributed by atoms with Crippen LogP contribution in [0, 0.1) is 6.92 Å². The zero-order valence-electron chi connectivity index (χ0n) is 10.6. The molecular formula is C14H18N4. The van der Waals surface area contributed by atoms with Gasteiger partial charge in [-0.25, -0.2) is 4.98 Å². The van der Waals surface area contributed by atoms with E-state index in [4.69, 9.17) is 5.73 Å². The largest absolute Gasteiger partial charge is 0.399 e. The topological polar surface area (TPSA) is 67.6 Å². The molecular weight excluding hydrogens is 224 g/mol. The summed E-state index contributed by atoms with van der Waals surface area (Å²) in [6.07, 6.45) is 5.08. The first-order valence-corrected chi connectivity index (χ1v) is 6.53. The summed E-state index contributed by atoms with van der Waals surface area (Å²) in [7, 11) is 0. The van der Waals surface area contributed by atoms with E-state index >= 15 is 0 Å².